The van der Waals surface area contributed by atoms with E-state index < -0.39 is 15.9 Å². The predicted molar refractivity (Wildman–Crippen MR) is 121 cm³/mol. The van der Waals surface area contributed by atoms with Crippen LogP contribution in [0.4, 0.5) is 0 Å². The van der Waals surface area contributed by atoms with Gasteiger partial charge in [-0.15, -0.1) is 0 Å². The van der Waals surface area contributed by atoms with Gasteiger partial charge in [-0.05, 0) is 49.2 Å². The molecule has 0 aliphatic carbocycles. The Balaban J connectivity index is 1.99. The molecule has 0 saturated carbocycles. The van der Waals surface area contributed by atoms with Crippen LogP contribution in [0.5, 0.6) is 23.0 Å². The van der Waals surface area contributed by atoms with Crippen LogP contribution in [0.15, 0.2) is 36.4 Å². The summed E-state index contributed by atoms with van der Waals surface area (Å²) >= 11 is 0. The van der Waals surface area contributed by atoms with Crippen molar-refractivity contribution in [2.24, 2.45) is 0 Å². The Bertz CT molecular complexity index is 1040. The molecule has 9 heteroatoms. The summed E-state index contributed by atoms with van der Waals surface area (Å²) in [5, 5.41) is 0. The smallest absolute Gasteiger partial charge is 0.254 e. The fourth-order valence-electron chi connectivity index (χ4n) is 3.86. The Morgan fingerprint density at radius 1 is 1.06 bits per heavy atom. The first kappa shape index (κ1) is 23.7. The van der Waals surface area contributed by atoms with Gasteiger partial charge in [-0.1, -0.05) is 6.07 Å². The molecule has 0 aromatic heterocycles. The number of hydrogen-bond acceptors (Lipinski definition) is 7. The Kier molecular flexibility index (Phi) is 7.50. The summed E-state index contributed by atoms with van der Waals surface area (Å²) in [4.78, 5) is 15.1. The number of nitrogens with zero attached hydrogens (tertiary/aromatic N) is 1. The van der Waals surface area contributed by atoms with Gasteiger partial charge < -0.3 is 23.8 Å². The number of amides is 1. The number of rotatable bonds is 9. The molecular formula is C23H29NO7S. The fourth-order valence-corrected chi connectivity index (χ4v) is 5.59. The van der Waals surface area contributed by atoms with Crippen molar-refractivity contribution in [3.05, 3.63) is 47.5 Å². The van der Waals surface area contributed by atoms with Gasteiger partial charge in [0.15, 0.2) is 21.3 Å². The minimum Gasteiger partial charge on any atom is -0.494 e. The van der Waals surface area contributed by atoms with Crippen LogP contribution in [0.3, 0.4) is 0 Å². The summed E-state index contributed by atoms with van der Waals surface area (Å²) in [6.07, 6.45) is 0.393. The molecule has 1 fully saturated rings. The third-order valence-electron chi connectivity index (χ3n) is 5.38. The molecule has 0 radical (unpaired) electrons. The first-order chi connectivity index (χ1) is 15.3. The molecule has 0 spiro atoms. The highest BCUT2D eigenvalue weighted by Gasteiger charge is 2.35. The van der Waals surface area contributed by atoms with E-state index in [-0.39, 0.29) is 24.0 Å². The van der Waals surface area contributed by atoms with Crippen molar-refractivity contribution >= 4 is 15.7 Å². The van der Waals surface area contributed by atoms with Gasteiger partial charge in [-0.3, -0.25) is 4.79 Å². The molecule has 2 aromatic rings. The number of ether oxygens (including phenoxy) is 4. The van der Waals surface area contributed by atoms with Crippen LogP contribution >= 0.6 is 0 Å². The number of methoxy groups -OCH3 is 3. The van der Waals surface area contributed by atoms with Crippen LogP contribution < -0.4 is 18.9 Å². The summed E-state index contributed by atoms with van der Waals surface area (Å²) < 4.78 is 46.1. The van der Waals surface area contributed by atoms with Crippen molar-refractivity contribution in [2.45, 2.75) is 25.9 Å². The lowest BCUT2D eigenvalue weighted by Gasteiger charge is -2.29. The second-order valence-corrected chi connectivity index (χ2v) is 9.71. The second-order valence-electron chi connectivity index (χ2n) is 7.48. The van der Waals surface area contributed by atoms with E-state index >= 15 is 0 Å². The molecule has 1 aliphatic rings. The van der Waals surface area contributed by atoms with Crippen molar-refractivity contribution in [1.82, 2.24) is 4.90 Å². The first-order valence-electron chi connectivity index (χ1n) is 10.3. The van der Waals surface area contributed by atoms with Crippen molar-refractivity contribution in [2.75, 3.05) is 39.4 Å². The van der Waals surface area contributed by atoms with E-state index in [9.17, 15) is 13.2 Å². The summed E-state index contributed by atoms with van der Waals surface area (Å²) in [5.41, 5.74) is 1.17. The predicted octanol–water partition coefficient (Wildman–Crippen LogP) is 2.94. The van der Waals surface area contributed by atoms with E-state index in [1.54, 1.807) is 41.3 Å². The highest BCUT2D eigenvalue weighted by molar-refractivity contribution is 7.91. The largest absolute Gasteiger partial charge is 0.494 e. The van der Waals surface area contributed by atoms with Gasteiger partial charge in [0.05, 0.1) is 39.4 Å². The lowest BCUT2D eigenvalue weighted by Crippen LogP contribution is -2.40. The lowest BCUT2D eigenvalue weighted by atomic mass is 10.1. The highest BCUT2D eigenvalue weighted by Crippen LogP contribution is 2.39. The van der Waals surface area contributed by atoms with E-state index in [0.717, 1.165) is 5.56 Å². The molecule has 3 rings (SSSR count). The summed E-state index contributed by atoms with van der Waals surface area (Å²) in [5.74, 6) is 1.71. The van der Waals surface area contributed by atoms with Crippen LogP contribution in [0.25, 0.3) is 0 Å². The number of hydrogen-bond donors (Lipinski definition) is 0. The number of carbonyl (C=O) groups excluding carboxylic acids is 1. The maximum Gasteiger partial charge on any atom is 0.254 e. The van der Waals surface area contributed by atoms with E-state index in [1.165, 1.54) is 21.3 Å². The third-order valence-corrected chi connectivity index (χ3v) is 7.13. The zero-order valence-electron chi connectivity index (χ0n) is 18.8. The molecule has 2 aromatic carbocycles. The molecular weight excluding hydrogens is 434 g/mol. The third kappa shape index (κ3) is 5.27. The minimum atomic E-state index is -3.19. The molecule has 1 atom stereocenters. The van der Waals surface area contributed by atoms with Gasteiger partial charge in [0.1, 0.15) is 5.75 Å². The Morgan fingerprint density at radius 3 is 2.28 bits per heavy atom. The first-order valence-corrected chi connectivity index (χ1v) is 12.2. The van der Waals surface area contributed by atoms with Gasteiger partial charge in [-0.25, -0.2) is 8.42 Å². The molecule has 1 aliphatic heterocycles. The Labute approximate surface area is 188 Å². The molecule has 0 unspecified atom stereocenters. The lowest BCUT2D eigenvalue weighted by molar-refractivity contribution is 0.0680. The maximum absolute atomic E-state index is 13.5. The summed E-state index contributed by atoms with van der Waals surface area (Å²) in [7, 11) is 1.37. The van der Waals surface area contributed by atoms with Crippen LogP contribution in [0.1, 0.15) is 29.3 Å². The molecule has 1 saturated heterocycles. The SMILES string of the molecule is CCOc1cccc(C(=O)N(Cc2cc(OC)c(OC)c(OC)c2)[C@H]2CCS(=O)(=O)C2)c1. The van der Waals surface area contributed by atoms with Crippen LogP contribution in [-0.4, -0.2) is 64.7 Å². The maximum atomic E-state index is 13.5. The monoisotopic (exact) mass is 463 g/mol. The topological polar surface area (TPSA) is 91.4 Å². The van der Waals surface area contributed by atoms with Gasteiger partial charge >= 0.3 is 0 Å². The molecule has 32 heavy (non-hydrogen) atoms. The zero-order chi connectivity index (χ0) is 23.3. The van der Waals surface area contributed by atoms with Crippen molar-refractivity contribution in [3.8, 4) is 23.0 Å². The molecule has 0 N–H and O–H groups in total. The molecule has 8 nitrogen and oxygen atoms in total. The normalized spacial score (nSPS) is 16.9. The number of carbonyl (C=O) groups is 1. The number of benzene rings is 2. The van der Waals surface area contributed by atoms with Gasteiger partial charge in [0, 0.05) is 18.2 Å². The van der Waals surface area contributed by atoms with Crippen LogP contribution in [-0.2, 0) is 16.4 Å². The standard InChI is InChI=1S/C23H29NO7S/c1-5-31-19-8-6-7-17(13-19)23(25)24(18-9-10-32(26,27)15-18)14-16-11-20(28-2)22(30-4)21(12-16)29-3/h6-8,11-13,18H,5,9-10,14-15H2,1-4H3/t18-/m0/s1. The van der Waals surface area contributed by atoms with Gasteiger partial charge in [-0.2, -0.15) is 0 Å². The molecule has 1 heterocycles. The van der Waals surface area contributed by atoms with E-state index in [2.05, 4.69) is 0 Å². The quantitative estimate of drug-likeness (QED) is 0.565. The minimum absolute atomic E-state index is 0.0612. The van der Waals surface area contributed by atoms with Crippen molar-refractivity contribution in [1.29, 1.82) is 0 Å². The van der Waals surface area contributed by atoms with E-state index in [4.69, 9.17) is 18.9 Å². The van der Waals surface area contributed by atoms with Crippen molar-refractivity contribution < 1.29 is 32.2 Å². The number of sulfone groups is 1. The average molecular weight is 464 g/mol. The average Bonchev–Trinajstić information content (AvgIpc) is 3.15. The fraction of sp³-hybridized carbons (Fsp3) is 0.435. The van der Waals surface area contributed by atoms with E-state index in [0.29, 0.717) is 41.6 Å². The van der Waals surface area contributed by atoms with Crippen LogP contribution in [0.2, 0.25) is 0 Å². The Hall–Kier alpha value is -2.94. The summed E-state index contributed by atoms with van der Waals surface area (Å²) in [6, 6.07) is 10.0. The van der Waals surface area contributed by atoms with E-state index in [1.807, 2.05) is 6.92 Å². The van der Waals surface area contributed by atoms with Crippen molar-refractivity contribution in [3.63, 3.8) is 0 Å². The summed E-state index contributed by atoms with van der Waals surface area (Å²) in [6.45, 7) is 2.54. The van der Waals surface area contributed by atoms with Gasteiger partial charge in [0.25, 0.3) is 5.91 Å². The van der Waals surface area contributed by atoms with Crippen LogP contribution in [0, 0.1) is 0 Å². The zero-order valence-corrected chi connectivity index (χ0v) is 19.6. The molecule has 0 bridgehead atoms. The Morgan fingerprint density at radius 2 is 1.75 bits per heavy atom. The second kappa shape index (κ2) is 10.1. The molecule has 174 valence electrons. The highest BCUT2D eigenvalue weighted by atomic mass is 32.2. The molecule has 1 amide bonds. The van der Waals surface area contributed by atoms with Gasteiger partial charge in [0.2, 0.25) is 5.75 Å².